The Morgan fingerprint density at radius 3 is 2.56 bits per heavy atom. The molecule has 0 heterocycles. The van der Waals surface area contributed by atoms with Crippen molar-refractivity contribution in [3.05, 3.63) is 0 Å². The molecule has 0 amide bonds. The van der Waals surface area contributed by atoms with Crippen LogP contribution < -0.4 is 5.32 Å². The minimum Gasteiger partial charge on any atom is -0.316 e. The van der Waals surface area contributed by atoms with Gasteiger partial charge in [0.25, 0.3) is 0 Å². The maximum atomic E-state index is 10.7. The molecule has 0 spiro atoms. The first kappa shape index (κ1) is 9.11. The number of rotatable bonds is 4. The van der Waals surface area contributed by atoms with Crippen molar-refractivity contribution in [1.82, 2.24) is 5.32 Å². The highest BCUT2D eigenvalue weighted by Crippen LogP contribution is 1.88. The Balaban J connectivity index is 3.27. The summed E-state index contributed by atoms with van der Waals surface area (Å²) in [5.74, 6) is 0. The van der Waals surface area contributed by atoms with Crippen LogP contribution in [0.2, 0.25) is 0 Å². The predicted octanol–water partition coefficient (Wildman–Crippen LogP) is 0.363. The van der Waals surface area contributed by atoms with Gasteiger partial charge < -0.3 is 5.32 Å². The van der Waals surface area contributed by atoms with Crippen molar-refractivity contribution in [3.8, 4) is 0 Å². The van der Waals surface area contributed by atoms with Gasteiger partial charge in [0.05, 0.1) is 0 Å². The summed E-state index contributed by atoms with van der Waals surface area (Å²) in [5.41, 5.74) is 0. The summed E-state index contributed by atoms with van der Waals surface area (Å²) in [6, 6.07) is 0. The summed E-state index contributed by atoms with van der Waals surface area (Å²) in [6.07, 6.45) is 1.74. The van der Waals surface area contributed by atoms with Crippen LogP contribution in [0.3, 0.4) is 0 Å². The first-order valence-corrected chi connectivity index (χ1v) is 4.83. The quantitative estimate of drug-likeness (QED) is 0.625. The summed E-state index contributed by atoms with van der Waals surface area (Å²) in [5, 5.41) is 3.42. The van der Waals surface area contributed by atoms with E-state index in [0.717, 1.165) is 13.1 Å². The Bertz CT molecular complexity index is 95.1. The molecule has 3 heteroatoms. The molecule has 0 aromatic carbocycles. The Labute approximate surface area is 59.5 Å². The molecule has 2 nitrogen and oxygen atoms in total. The van der Waals surface area contributed by atoms with Crippen LogP contribution in [0.15, 0.2) is 0 Å². The zero-order valence-electron chi connectivity index (χ0n) is 6.31. The van der Waals surface area contributed by atoms with Crippen molar-refractivity contribution in [2.24, 2.45) is 0 Å². The van der Waals surface area contributed by atoms with Gasteiger partial charge in [-0.25, -0.2) is 0 Å². The maximum absolute atomic E-state index is 10.7. The second-order valence-corrected chi connectivity index (χ2v) is 3.92. The molecule has 0 aromatic heterocycles. The molecule has 9 heavy (non-hydrogen) atoms. The standard InChI is InChI=1S/C6H15NOS/c1-4-7-5-6(2)9(3)8/h6-7H,4-5H2,1-3H3. The third-order valence-electron chi connectivity index (χ3n) is 1.25. The minimum atomic E-state index is -0.674. The van der Waals surface area contributed by atoms with Crippen molar-refractivity contribution in [2.45, 2.75) is 19.1 Å². The zero-order chi connectivity index (χ0) is 7.28. The van der Waals surface area contributed by atoms with Gasteiger partial charge in [-0.2, -0.15) is 0 Å². The normalized spacial score (nSPS) is 17.2. The molecule has 0 fully saturated rings. The average molecular weight is 149 g/mol. The van der Waals surface area contributed by atoms with E-state index < -0.39 is 10.8 Å². The second kappa shape index (κ2) is 4.94. The molecule has 0 bridgehead atoms. The summed E-state index contributed by atoms with van der Waals surface area (Å²) in [6.45, 7) is 5.85. The molecule has 0 saturated heterocycles. The molecule has 0 aliphatic rings. The highest BCUT2D eigenvalue weighted by Gasteiger charge is 2.02. The molecule has 0 rings (SSSR count). The van der Waals surface area contributed by atoms with Crippen LogP contribution in [0.25, 0.3) is 0 Å². The molecule has 0 aliphatic heterocycles. The van der Waals surface area contributed by atoms with Gasteiger partial charge in [0.1, 0.15) is 0 Å². The van der Waals surface area contributed by atoms with Crippen molar-refractivity contribution in [2.75, 3.05) is 19.3 Å². The summed E-state index contributed by atoms with van der Waals surface area (Å²) >= 11 is 0. The number of hydrogen-bond donors (Lipinski definition) is 1. The van der Waals surface area contributed by atoms with Gasteiger partial charge in [0.15, 0.2) is 0 Å². The largest absolute Gasteiger partial charge is 0.316 e. The van der Waals surface area contributed by atoms with Crippen molar-refractivity contribution < 1.29 is 4.21 Å². The van der Waals surface area contributed by atoms with Crippen LogP contribution in [0, 0.1) is 0 Å². The second-order valence-electron chi connectivity index (χ2n) is 2.12. The van der Waals surface area contributed by atoms with Gasteiger partial charge in [-0.05, 0) is 13.5 Å². The molecule has 0 radical (unpaired) electrons. The first-order valence-electron chi connectivity index (χ1n) is 3.21. The topological polar surface area (TPSA) is 29.1 Å². The van der Waals surface area contributed by atoms with Gasteiger partial charge in [-0.1, -0.05) is 6.92 Å². The fourth-order valence-electron chi connectivity index (χ4n) is 0.465. The van der Waals surface area contributed by atoms with Crippen molar-refractivity contribution in [3.63, 3.8) is 0 Å². The monoisotopic (exact) mass is 149 g/mol. The fraction of sp³-hybridized carbons (Fsp3) is 1.00. The Hall–Kier alpha value is 0.110. The third kappa shape index (κ3) is 4.60. The molecule has 0 saturated carbocycles. The molecular weight excluding hydrogens is 134 g/mol. The lowest BCUT2D eigenvalue weighted by Crippen LogP contribution is -2.27. The van der Waals surface area contributed by atoms with E-state index in [-0.39, 0.29) is 5.25 Å². The fourth-order valence-corrected chi connectivity index (χ4v) is 0.818. The van der Waals surface area contributed by atoms with Crippen LogP contribution >= 0.6 is 0 Å². The molecule has 0 aliphatic carbocycles. The van der Waals surface area contributed by atoms with E-state index in [0.29, 0.717) is 0 Å². The molecule has 56 valence electrons. The molecular formula is C6H15NOS. The van der Waals surface area contributed by atoms with E-state index in [9.17, 15) is 4.21 Å². The highest BCUT2D eigenvalue weighted by molar-refractivity contribution is 7.84. The minimum absolute atomic E-state index is 0.282. The van der Waals surface area contributed by atoms with E-state index in [1.807, 2.05) is 13.8 Å². The molecule has 2 unspecified atom stereocenters. The van der Waals surface area contributed by atoms with Crippen molar-refractivity contribution >= 4 is 10.8 Å². The zero-order valence-corrected chi connectivity index (χ0v) is 7.12. The van der Waals surface area contributed by atoms with Crippen LogP contribution in [0.5, 0.6) is 0 Å². The molecule has 1 N–H and O–H groups in total. The van der Waals surface area contributed by atoms with E-state index in [1.165, 1.54) is 0 Å². The average Bonchev–Trinajstić information content (AvgIpc) is 1.82. The number of hydrogen-bond acceptors (Lipinski definition) is 2. The highest BCUT2D eigenvalue weighted by atomic mass is 32.2. The smallest absolute Gasteiger partial charge is 0.0441 e. The van der Waals surface area contributed by atoms with Crippen LogP contribution in [0.4, 0.5) is 0 Å². The molecule has 2 atom stereocenters. The van der Waals surface area contributed by atoms with E-state index in [2.05, 4.69) is 5.32 Å². The number of nitrogens with one attached hydrogen (secondary N) is 1. The lowest BCUT2D eigenvalue weighted by Gasteiger charge is -2.06. The van der Waals surface area contributed by atoms with Gasteiger partial charge in [0.2, 0.25) is 0 Å². The van der Waals surface area contributed by atoms with Crippen LogP contribution in [-0.4, -0.2) is 28.8 Å². The van der Waals surface area contributed by atoms with Gasteiger partial charge in [-0.3, -0.25) is 4.21 Å². The third-order valence-corrected chi connectivity index (χ3v) is 2.55. The lowest BCUT2D eigenvalue weighted by atomic mass is 10.5. The van der Waals surface area contributed by atoms with E-state index in [1.54, 1.807) is 6.26 Å². The Kier molecular flexibility index (Phi) is 5.00. The van der Waals surface area contributed by atoms with Crippen LogP contribution in [-0.2, 0) is 10.8 Å². The summed E-state index contributed by atoms with van der Waals surface area (Å²) < 4.78 is 10.7. The van der Waals surface area contributed by atoms with Gasteiger partial charge in [-0.15, -0.1) is 0 Å². The van der Waals surface area contributed by atoms with Gasteiger partial charge >= 0.3 is 0 Å². The Morgan fingerprint density at radius 2 is 2.22 bits per heavy atom. The van der Waals surface area contributed by atoms with Gasteiger partial charge in [0, 0.05) is 28.9 Å². The lowest BCUT2D eigenvalue weighted by molar-refractivity contribution is 0.657. The van der Waals surface area contributed by atoms with Crippen LogP contribution in [0.1, 0.15) is 13.8 Å². The maximum Gasteiger partial charge on any atom is 0.0441 e. The summed E-state index contributed by atoms with van der Waals surface area (Å²) in [4.78, 5) is 0. The first-order chi connectivity index (χ1) is 4.18. The SMILES string of the molecule is CCNCC(C)S(C)=O. The van der Waals surface area contributed by atoms with E-state index in [4.69, 9.17) is 0 Å². The predicted molar refractivity (Wildman–Crippen MR) is 42.1 cm³/mol. The van der Waals surface area contributed by atoms with E-state index >= 15 is 0 Å². The summed E-state index contributed by atoms with van der Waals surface area (Å²) in [7, 11) is -0.674. The molecule has 0 aromatic rings. The van der Waals surface area contributed by atoms with Crippen molar-refractivity contribution in [1.29, 1.82) is 0 Å². The Morgan fingerprint density at radius 1 is 1.67 bits per heavy atom.